The number of nitrogens with one attached hydrogen (secondary N) is 1. The fourth-order valence-electron chi connectivity index (χ4n) is 5.90. The average molecular weight is 603 g/mol. The van der Waals surface area contributed by atoms with Crippen molar-refractivity contribution in [3.8, 4) is 22.6 Å². The van der Waals surface area contributed by atoms with E-state index in [1.807, 2.05) is 11.0 Å². The number of H-pyrrole nitrogens is 1. The number of nitrogens with zero attached hydrogens (tertiary/aromatic N) is 5. The van der Waals surface area contributed by atoms with Crippen LogP contribution in [0.25, 0.3) is 27.6 Å². The summed E-state index contributed by atoms with van der Waals surface area (Å²) in [6.07, 6.45) is 6.92. The molecule has 1 saturated heterocycles. The van der Waals surface area contributed by atoms with Crippen molar-refractivity contribution in [2.45, 2.75) is 13.3 Å². The molecule has 5 heterocycles. The number of carbonyl (C=O) groups excluding carboxylic acids is 2. The zero-order chi connectivity index (χ0) is 31.0. The number of ether oxygens (including phenoxy) is 2. The number of rotatable bonds is 6. The fraction of sp³-hybridized carbons (Fsp3) is 0.312. The number of methoxy groups -OCH3 is 2. The highest BCUT2D eigenvalue weighted by atomic mass is 19.1. The molecular weight excluding hydrogens is 570 g/mol. The van der Waals surface area contributed by atoms with Gasteiger partial charge in [-0.15, -0.1) is 0 Å². The number of aromatic amines is 1. The molecule has 0 spiro atoms. The van der Waals surface area contributed by atoms with Crippen LogP contribution in [-0.2, 0) is 4.79 Å². The predicted octanol–water partition coefficient (Wildman–Crippen LogP) is 4.52. The van der Waals surface area contributed by atoms with Gasteiger partial charge in [-0.3, -0.25) is 14.6 Å². The number of fused-ring (bicyclic) bond motifs is 1. The Labute approximate surface area is 252 Å². The van der Waals surface area contributed by atoms with Crippen LogP contribution in [-0.4, -0.2) is 90.1 Å². The summed E-state index contributed by atoms with van der Waals surface area (Å²) in [6.45, 7) is 4.04. The number of amides is 2. The Morgan fingerprint density at radius 3 is 2.41 bits per heavy atom. The van der Waals surface area contributed by atoms with Crippen LogP contribution in [0.2, 0.25) is 0 Å². The molecule has 2 aliphatic heterocycles. The maximum Gasteiger partial charge on any atom is 0.270 e. The minimum atomic E-state index is -0.494. The summed E-state index contributed by atoms with van der Waals surface area (Å²) in [5, 5.41) is 0.526. The Kier molecular flexibility index (Phi) is 7.90. The third kappa shape index (κ3) is 5.31. The summed E-state index contributed by atoms with van der Waals surface area (Å²) in [4.78, 5) is 42.6. The fourth-order valence-corrected chi connectivity index (χ4v) is 5.90. The molecule has 4 aromatic rings. The van der Waals surface area contributed by atoms with E-state index < -0.39 is 11.6 Å². The number of carbonyl (C=O) groups is 2. The van der Waals surface area contributed by atoms with Crippen LogP contribution in [0.1, 0.15) is 29.4 Å². The van der Waals surface area contributed by atoms with Gasteiger partial charge in [0.15, 0.2) is 17.4 Å². The minimum Gasteiger partial charge on any atom is -0.494 e. The van der Waals surface area contributed by atoms with Crippen LogP contribution in [0.4, 0.5) is 14.6 Å². The molecule has 0 saturated carbocycles. The van der Waals surface area contributed by atoms with Gasteiger partial charge in [0.05, 0.1) is 32.1 Å². The van der Waals surface area contributed by atoms with Crippen molar-refractivity contribution in [3.63, 3.8) is 0 Å². The largest absolute Gasteiger partial charge is 0.494 e. The highest BCUT2D eigenvalue weighted by molar-refractivity contribution is 6.05. The Bertz CT molecular complexity index is 1780. The Morgan fingerprint density at radius 1 is 0.909 bits per heavy atom. The third-order valence-electron chi connectivity index (χ3n) is 8.21. The van der Waals surface area contributed by atoms with Gasteiger partial charge in [0.1, 0.15) is 17.3 Å². The van der Waals surface area contributed by atoms with Crippen LogP contribution in [0.15, 0.2) is 48.9 Å². The zero-order valence-corrected chi connectivity index (χ0v) is 24.7. The summed E-state index contributed by atoms with van der Waals surface area (Å²) in [5.74, 6) is 0.00922. The summed E-state index contributed by atoms with van der Waals surface area (Å²) in [5.41, 5.74) is 2.86. The van der Waals surface area contributed by atoms with E-state index in [1.54, 1.807) is 47.5 Å². The maximum absolute atomic E-state index is 16.3. The molecule has 44 heavy (non-hydrogen) atoms. The minimum absolute atomic E-state index is 0.0744. The number of hydrogen-bond donors (Lipinski definition) is 1. The average Bonchev–Trinajstić information content (AvgIpc) is 3.51. The van der Waals surface area contributed by atoms with E-state index in [4.69, 9.17) is 9.47 Å². The highest BCUT2D eigenvalue weighted by Gasteiger charge is 2.28. The van der Waals surface area contributed by atoms with E-state index in [1.165, 1.54) is 20.1 Å². The first-order valence-electron chi connectivity index (χ1n) is 14.3. The van der Waals surface area contributed by atoms with Gasteiger partial charge in [0, 0.05) is 75.0 Å². The second-order valence-corrected chi connectivity index (χ2v) is 10.8. The third-order valence-corrected chi connectivity index (χ3v) is 8.21. The van der Waals surface area contributed by atoms with Crippen molar-refractivity contribution < 1.29 is 27.8 Å². The van der Waals surface area contributed by atoms with E-state index in [9.17, 15) is 14.0 Å². The lowest BCUT2D eigenvalue weighted by atomic mass is 9.93. The smallest absolute Gasteiger partial charge is 0.270 e. The molecular formula is C32H32F2N6O4. The standard InChI is InChI=1S/C32H32F2N6O4/c1-19(41)40-8-4-5-20(18-40)23-14-24(22-6-7-35-17-28(22)44-3)25-15-26(37-30(25)29(23)34)32(42)39-11-9-38(10-12-39)31-27(43-2)13-21(33)16-36-31/h5-7,13-17,37H,4,8-12,18H2,1-3H3. The van der Waals surface area contributed by atoms with Gasteiger partial charge >= 0.3 is 0 Å². The molecule has 3 aromatic heterocycles. The Hall–Kier alpha value is -5.00. The molecule has 0 radical (unpaired) electrons. The van der Waals surface area contributed by atoms with Gasteiger partial charge in [-0.2, -0.15) is 0 Å². The Balaban J connectivity index is 1.36. The van der Waals surface area contributed by atoms with E-state index in [0.29, 0.717) is 84.1 Å². The molecule has 0 atom stereocenters. The van der Waals surface area contributed by atoms with Gasteiger partial charge in [-0.1, -0.05) is 6.08 Å². The maximum atomic E-state index is 16.3. The lowest BCUT2D eigenvalue weighted by Crippen LogP contribution is -2.49. The molecule has 0 bridgehead atoms. The zero-order valence-electron chi connectivity index (χ0n) is 24.7. The molecule has 228 valence electrons. The summed E-state index contributed by atoms with van der Waals surface area (Å²) in [6, 6.07) is 6.50. The molecule has 0 aliphatic carbocycles. The Morgan fingerprint density at radius 2 is 1.68 bits per heavy atom. The number of piperazine rings is 1. The van der Waals surface area contributed by atoms with Crippen molar-refractivity contribution in [1.29, 1.82) is 0 Å². The molecule has 2 amide bonds. The molecule has 1 aromatic carbocycles. The van der Waals surface area contributed by atoms with Crippen LogP contribution >= 0.6 is 0 Å². The summed E-state index contributed by atoms with van der Waals surface area (Å²) >= 11 is 0. The van der Waals surface area contributed by atoms with Crippen LogP contribution in [0.5, 0.6) is 11.5 Å². The summed E-state index contributed by atoms with van der Waals surface area (Å²) < 4.78 is 40.9. The first-order chi connectivity index (χ1) is 21.3. The van der Waals surface area contributed by atoms with Gasteiger partial charge in [0.25, 0.3) is 5.91 Å². The second-order valence-electron chi connectivity index (χ2n) is 10.8. The first kappa shape index (κ1) is 29.1. The van der Waals surface area contributed by atoms with Crippen molar-refractivity contribution in [2.24, 2.45) is 0 Å². The van der Waals surface area contributed by atoms with Crippen molar-refractivity contribution in [1.82, 2.24) is 24.8 Å². The van der Waals surface area contributed by atoms with E-state index in [0.717, 1.165) is 6.20 Å². The van der Waals surface area contributed by atoms with Gasteiger partial charge < -0.3 is 29.2 Å². The van der Waals surface area contributed by atoms with Crippen LogP contribution in [0.3, 0.4) is 0 Å². The van der Waals surface area contributed by atoms with Gasteiger partial charge in [-0.05, 0) is 35.8 Å². The molecule has 10 nitrogen and oxygen atoms in total. The molecule has 2 aliphatic rings. The van der Waals surface area contributed by atoms with E-state index in [2.05, 4.69) is 15.0 Å². The number of hydrogen-bond acceptors (Lipinski definition) is 7. The second kappa shape index (κ2) is 11.9. The number of pyridine rings is 2. The van der Waals surface area contributed by atoms with Crippen LogP contribution < -0.4 is 14.4 Å². The summed E-state index contributed by atoms with van der Waals surface area (Å²) in [7, 11) is 3.00. The predicted molar refractivity (Wildman–Crippen MR) is 162 cm³/mol. The normalized spacial score (nSPS) is 15.4. The molecule has 12 heteroatoms. The van der Waals surface area contributed by atoms with Crippen molar-refractivity contribution in [3.05, 3.63) is 71.8 Å². The topological polar surface area (TPSA) is 104 Å². The quantitative estimate of drug-likeness (QED) is 0.346. The van der Waals surface area contributed by atoms with E-state index >= 15 is 4.39 Å². The molecule has 1 N–H and O–H groups in total. The number of aromatic nitrogens is 3. The van der Waals surface area contributed by atoms with Crippen molar-refractivity contribution in [2.75, 3.05) is 58.4 Å². The number of anilines is 1. The first-order valence-corrected chi connectivity index (χ1v) is 14.3. The SMILES string of the molecule is COc1cnccc1-c1cc(C2=CCCN(C(C)=O)C2)c(F)c2[nH]c(C(=O)N3CCN(c4ncc(F)cc4OC)CC3)cc12. The molecule has 0 unspecified atom stereocenters. The lowest BCUT2D eigenvalue weighted by molar-refractivity contribution is -0.128. The van der Waals surface area contributed by atoms with Gasteiger partial charge in [-0.25, -0.2) is 13.8 Å². The number of halogens is 2. The number of benzene rings is 1. The van der Waals surface area contributed by atoms with Gasteiger partial charge in [0.2, 0.25) is 5.91 Å². The lowest BCUT2D eigenvalue weighted by Gasteiger charge is -2.35. The van der Waals surface area contributed by atoms with E-state index in [-0.39, 0.29) is 29.6 Å². The molecule has 6 rings (SSSR count). The van der Waals surface area contributed by atoms with Crippen molar-refractivity contribution >= 4 is 34.1 Å². The molecule has 1 fully saturated rings. The highest BCUT2D eigenvalue weighted by Crippen LogP contribution is 2.40. The van der Waals surface area contributed by atoms with Crippen LogP contribution in [0, 0.1) is 11.6 Å². The monoisotopic (exact) mass is 602 g/mol.